The number of ether oxygens (including phenoxy) is 1. The summed E-state index contributed by atoms with van der Waals surface area (Å²) in [5, 5.41) is 13.6. The molecular formula is C12H15N5O. The summed E-state index contributed by atoms with van der Waals surface area (Å²) in [5.74, 6) is 1.33. The normalized spacial score (nSPS) is 12.1. The van der Waals surface area contributed by atoms with E-state index < -0.39 is 0 Å². The number of H-pyrrole nitrogens is 1. The third kappa shape index (κ3) is 3.14. The van der Waals surface area contributed by atoms with Crippen molar-refractivity contribution >= 4 is 0 Å². The van der Waals surface area contributed by atoms with Crippen LogP contribution < -0.4 is 10.5 Å². The molecule has 0 aliphatic carbocycles. The van der Waals surface area contributed by atoms with E-state index in [1.807, 2.05) is 24.3 Å². The van der Waals surface area contributed by atoms with E-state index in [2.05, 4.69) is 27.2 Å². The van der Waals surface area contributed by atoms with Crippen molar-refractivity contribution in [3.63, 3.8) is 0 Å². The van der Waals surface area contributed by atoms with Crippen LogP contribution in [0.1, 0.15) is 17.4 Å². The molecule has 18 heavy (non-hydrogen) atoms. The van der Waals surface area contributed by atoms with Crippen molar-refractivity contribution in [3.05, 3.63) is 48.3 Å². The smallest absolute Gasteiger partial charge is 0.191 e. The predicted molar refractivity (Wildman–Crippen MR) is 66.9 cm³/mol. The third-order valence-electron chi connectivity index (χ3n) is 2.44. The van der Waals surface area contributed by atoms with Crippen LogP contribution in [-0.4, -0.2) is 27.2 Å². The van der Waals surface area contributed by atoms with Gasteiger partial charge in [-0.1, -0.05) is 30.0 Å². The van der Waals surface area contributed by atoms with Crippen LogP contribution in [-0.2, 0) is 6.42 Å². The fourth-order valence-corrected chi connectivity index (χ4v) is 1.55. The summed E-state index contributed by atoms with van der Waals surface area (Å²) in [4.78, 5) is 0. The SMILES string of the molecule is C=CCOc1ccc(CC(N)c2nn[nH]n2)cc1. The Kier molecular flexibility index (Phi) is 4.03. The summed E-state index contributed by atoms with van der Waals surface area (Å²) < 4.78 is 5.40. The van der Waals surface area contributed by atoms with Gasteiger partial charge in [-0.3, -0.25) is 0 Å². The van der Waals surface area contributed by atoms with E-state index in [0.717, 1.165) is 11.3 Å². The summed E-state index contributed by atoms with van der Waals surface area (Å²) in [6.07, 6.45) is 2.36. The number of tetrazole rings is 1. The zero-order valence-corrected chi connectivity index (χ0v) is 9.91. The van der Waals surface area contributed by atoms with Crippen molar-refractivity contribution in [1.82, 2.24) is 20.6 Å². The van der Waals surface area contributed by atoms with Crippen LogP contribution in [0.25, 0.3) is 0 Å². The first-order chi connectivity index (χ1) is 8.79. The van der Waals surface area contributed by atoms with E-state index in [1.54, 1.807) is 6.08 Å². The molecule has 6 nitrogen and oxygen atoms in total. The molecule has 0 amide bonds. The highest BCUT2D eigenvalue weighted by atomic mass is 16.5. The van der Waals surface area contributed by atoms with E-state index in [-0.39, 0.29) is 6.04 Å². The fraction of sp³-hybridized carbons (Fsp3) is 0.250. The molecule has 1 aromatic carbocycles. The molecule has 94 valence electrons. The number of rotatable bonds is 6. The van der Waals surface area contributed by atoms with Crippen LogP contribution in [0.2, 0.25) is 0 Å². The third-order valence-corrected chi connectivity index (χ3v) is 2.44. The number of aromatic nitrogens is 4. The Labute approximate surface area is 105 Å². The van der Waals surface area contributed by atoms with Gasteiger partial charge >= 0.3 is 0 Å². The average Bonchev–Trinajstić information content (AvgIpc) is 2.92. The lowest BCUT2D eigenvalue weighted by Gasteiger charge is -2.08. The molecule has 0 aliphatic heterocycles. The van der Waals surface area contributed by atoms with Gasteiger partial charge in [0.05, 0.1) is 6.04 Å². The van der Waals surface area contributed by atoms with E-state index in [9.17, 15) is 0 Å². The monoisotopic (exact) mass is 245 g/mol. The Morgan fingerprint density at radius 2 is 2.17 bits per heavy atom. The number of hydrogen-bond donors (Lipinski definition) is 2. The molecule has 3 N–H and O–H groups in total. The first-order valence-electron chi connectivity index (χ1n) is 5.61. The van der Waals surface area contributed by atoms with Crippen LogP contribution in [0.4, 0.5) is 0 Å². The van der Waals surface area contributed by atoms with Gasteiger partial charge < -0.3 is 10.5 Å². The van der Waals surface area contributed by atoms with Gasteiger partial charge in [-0.2, -0.15) is 5.21 Å². The Morgan fingerprint density at radius 1 is 1.39 bits per heavy atom. The van der Waals surface area contributed by atoms with Gasteiger partial charge in [0, 0.05) is 0 Å². The second-order valence-corrected chi connectivity index (χ2v) is 3.82. The van der Waals surface area contributed by atoms with Crippen molar-refractivity contribution in [1.29, 1.82) is 0 Å². The van der Waals surface area contributed by atoms with Crippen LogP contribution in [0.3, 0.4) is 0 Å². The average molecular weight is 245 g/mol. The molecule has 1 aromatic heterocycles. The number of benzene rings is 1. The molecule has 0 radical (unpaired) electrons. The molecule has 6 heteroatoms. The Hall–Kier alpha value is -2.21. The minimum Gasteiger partial charge on any atom is -0.490 e. The van der Waals surface area contributed by atoms with Gasteiger partial charge in [0.2, 0.25) is 0 Å². The van der Waals surface area contributed by atoms with Crippen molar-refractivity contribution in [3.8, 4) is 5.75 Å². The lowest BCUT2D eigenvalue weighted by Crippen LogP contribution is -2.15. The number of aromatic amines is 1. The summed E-state index contributed by atoms with van der Waals surface area (Å²) in [5.41, 5.74) is 7.06. The van der Waals surface area contributed by atoms with E-state index >= 15 is 0 Å². The maximum absolute atomic E-state index is 5.96. The lowest BCUT2D eigenvalue weighted by molar-refractivity contribution is 0.363. The fourth-order valence-electron chi connectivity index (χ4n) is 1.55. The van der Waals surface area contributed by atoms with Crippen molar-refractivity contribution in [2.75, 3.05) is 6.61 Å². The summed E-state index contributed by atoms with van der Waals surface area (Å²) in [6, 6.07) is 7.49. The molecule has 2 rings (SSSR count). The predicted octanol–water partition coefficient (Wildman–Crippen LogP) is 1.01. The molecule has 0 aliphatic rings. The van der Waals surface area contributed by atoms with Gasteiger partial charge in [0.15, 0.2) is 5.82 Å². The Bertz CT molecular complexity index is 480. The minimum absolute atomic E-state index is 0.260. The van der Waals surface area contributed by atoms with Gasteiger partial charge in [0.1, 0.15) is 12.4 Å². The van der Waals surface area contributed by atoms with E-state index in [4.69, 9.17) is 10.5 Å². The van der Waals surface area contributed by atoms with E-state index in [1.165, 1.54) is 0 Å². The zero-order valence-electron chi connectivity index (χ0n) is 9.91. The Morgan fingerprint density at radius 3 is 2.78 bits per heavy atom. The summed E-state index contributed by atoms with van der Waals surface area (Å²) in [6.45, 7) is 4.10. The maximum Gasteiger partial charge on any atom is 0.191 e. The largest absolute Gasteiger partial charge is 0.490 e. The molecule has 2 aromatic rings. The van der Waals surface area contributed by atoms with Crippen molar-refractivity contribution in [2.24, 2.45) is 5.73 Å². The zero-order chi connectivity index (χ0) is 12.8. The van der Waals surface area contributed by atoms with Crippen molar-refractivity contribution < 1.29 is 4.74 Å². The molecule has 0 fully saturated rings. The second-order valence-electron chi connectivity index (χ2n) is 3.82. The molecule has 0 saturated carbocycles. The molecule has 0 bridgehead atoms. The molecule has 0 saturated heterocycles. The van der Waals surface area contributed by atoms with Crippen LogP contribution in [0.5, 0.6) is 5.75 Å². The lowest BCUT2D eigenvalue weighted by atomic mass is 10.1. The highest BCUT2D eigenvalue weighted by Gasteiger charge is 2.11. The number of hydrogen-bond acceptors (Lipinski definition) is 5. The first-order valence-corrected chi connectivity index (χ1v) is 5.61. The highest BCUT2D eigenvalue weighted by Crippen LogP contribution is 2.16. The molecule has 0 spiro atoms. The molecular weight excluding hydrogens is 230 g/mol. The number of nitrogens with two attached hydrogens (primary N) is 1. The molecule has 1 heterocycles. The Balaban J connectivity index is 1.95. The topological polar surface area (TPSA) is 89.7 Å². The number of nitrogens with one attached hydrogen (secondary N) is 1. The standard InChI is InChI=1S/C12H15N5O/c1-2-7-18-10-5-3-9(4-6-10)8-11(13)12-14-16-17-15-12/h2-6,11H,1,7-8,13H2,(H,14,15,16,17). The van der Waals surface area contributed by atoms with E-state index in [0.29, 0.717) is 18.9 Å². The summed E-state index contributed by atoms with van der Waals surface area (Å²) in [7, 11) is 0. The van der Waals surface area contributed by atoms with Gasteiger partial charge in [0.25, 0.3) is 0 Å². The molecule has 1 unspecified atom stereocenters. The summed E-state index contributed by atoms with van der Waals surface area (Å²) >= 11 is 0. The van der Waals surface area contributed by atoms with Crippen LogP contribution in [0, 0.1) is 0 Å². The van der Waals surface area contributed by atoms with Crippen LogP contribution >= 0.6 is 0 Å². The van der Waals surface area contributed by atoms with Gasteiger partial charge in [-0.25, -0.2) is 0 Å². The molecule has 1 atom stereocenters. The quantitative estimate of drug-likeness (QED) is 0.741. The van der Waals surface area contributed by atoms with Gasteiger partial charge in [-0.15, -0.1) is 10.2 Å². The highest BCUT2D eigenvalue weighted by molar-refractivity contribution is 5.28. The first kappa shape index (κ1) is 12.3. The van der Waals surface area contributed by atoms with Gasteiger partial charge in [-0.05, 0) is 24.1 Å². The maximum atomic E-state index is 5.96. The minimum atomic E-state index is -0.260. The second kappa shape index (κ2) is 5.92. The van der Waals surface area contributed by atoms with Crippen LogP contribution in [0.15, 0.2) is 36.9 Å². The number of nitrogens with zero attached hydrogens (tertiary/aromatic N) is 3. The van der Waals surface area contributed by atoms with Crippen molar-refractivity contribution in [2.45, 2.75) is 12.5 Å².